The van der Waals surface area contributed by atoms with Crippen molar-refractivity contribution in [2.75, 3.05) is 0 Å². The van der Waals surface area contributed by atoms with Crippen molar-refractivity contribution in [3.63, 3.8) is 0 Å². The minimum absolute atomic E-state index is 0.463. The fourth-order valence-corrected chi connectivity index (χ4v) is 0.140. The van der Waals surface area contributed by atoms with Crippen molar-refractivity contribution in [1.29, 1.82) is 0 Å². The molecule has 0 aromatic rings. The summed E-state index contributed by atoms with van der Waals surface area (Å²) in [6, 6.07) is 0. The lowest BCUT2D eigenvalue weighted by Gasteiger charge is -1.74. The molecule has 0 aliphatic carbocycles. The Morgan fingerprint density at radius 2 is 2.00 bits per heavy atom. The van der Waals surface area contributed by atoms with Gasteiger partial charge >= 0.3 is 0 Å². The van der Waals surface area contributed by atoms with E-state index in [-0.39, 0.29) is 0 Å². The van der Waals surface area contributed by atoms with Gasteiger partial charge in [-0.15, -0.1) is 0 Å². The van der Waals surface area contributed by atoms with Crippen LogP contribution in [0.25, 0.3) is 0 Å². The summed E-state index contributed by atoms with van der Waals surface area (Å²) in [6.07, 6.45) is 2.06. The minimum atomic E-state index is -0.463. The lowest BCUT2D eigenvalue weighted by Crippen LogP contribution is -1.56. The molecule has 0 unspecified atom stereocenters. The Hall–Kier alpha value is -0.920. The van der Waals surface area contributed by atoms with Crippen LogP contribution in [0.15, 0.2) is 29.7 Å². The van der Waals surface area contributed by atoms with Gasteiger partial charge in [0, 0.05) is 0 Å². The van der Waals surface area contributed by atoms with Crippen molar-refractivity contribution in [3.8, 4) is 0 Å². The van der Waals surface area contributed by atoms with E-state index >= 15 is 0 Å². The number of halogens is 1. The lowest BCUT2D eigenvalue weighted by molar-refractivity contribution is 0.664. The first-order valence-corrected chi connectivity index (χ1v) is 2.75. The van der Waals surface area contributed by atoms with Crippen LogP contribution >= 0.6 is 0 Å². The Morgan fingerprint density at radius 1 is 1.56 bits per heavy atom. The van der Waals surface area contributed by atoms with Gasteiger partial charge in [0.05, 0.1) is 6.20 Å². The zero-order valence-corrected chi connectivity index (χ0v) is 5.89. The fourth-order valence-electron chi connectivity index (χ4n) is 0.140. The second kappa shape index (κ2) is 10.1. The molecule has 0 N–H and O–H groups in total. The van der Waals surface area contributed by atoms with Gasteiger partial charge in [-0.05, 0) is 12.8 Å². The van der Waals surface area contributed by atoms with Gasteiger partial charge < -0.3 is 0 Å². The maximum atomic E-state index is 11.7. The Morgan fingerprint density at radius 3 is 2.11 bits per heavy atom. The summed E-state index contributed by atoms with van der Waals surface area (Å²) in [5.74, 6) is -0.463. The third-order valence-electron chi connectivity index (χ3n) is 0.410. The van der Waals surface area contributed by atoms with Gasteiger partial charge in [0.15, 0.2) is 0 Å². The van der Waals surface area contributed by atoms with E-state index < -0.39 is 5.83 Å². The Balaban J connectivity index is 0. The highest BCUT2D eigenvalue weighted by Gasteiger charge is 1.76. The van der Waals surface area contributed by atoms with Gasteiger partial charge in [-0.2, -0.15) is 0 Å². The summed E-state index contributed by atoms with van der Waals surface area (Å²) in [5.41, 5.74) is 0. The molecule has 0 aliphatic rings. The molecule has 2 heteroatoms. The number of rotatable bonds is 2. The zero-order valence-electron chi connectivity index (χ0n) is 5.89. The van der Waals surface area contributed by atoms with E-state index in [1.54, 1.807) is 0 Å². The maximum absolute atomic E-state index is 11.7. The van der Waals surface area contributed by atoms with Crippen LogP contribution in [0.1, 0.15) is 13.8 Å². The van der Waals surface area contributed by atoms with Crippen LogP contribution in [-0.2, 0) is 0 Å². The maximum Gasteiger partial charge on any atom is 0.140 e. The largest absolute Gasteiger partial charge is 0.269 e. The molecule has 0 saturated heterocycles. The van der Waals surface area contributed by atoms with Crippen LogP contribution < -0.4 is 0 Å². The standard InChI is InChI=1S/C5H6FN.C2H6/c1-3-5(6)4-7-2;1-2/h3-4H,1-2H2;1-2H3/b5-4+;. The van der Waals surface area contributed by atoms with E-state index in [2.05, 4.69) is 18.3 Å². The molecule has 0 aromatic heterocycles. The smallest absolute Gasteiger partial charge is 0.140 e. The number of hydrogen-bond acceptors (Lipinski definition) is 1. The van der Waals surface area contributed by atoms with Crippen molar-refractivity contribution in [3.05, 3.63) is 24.7 Å². The zero-order chi connectivity index (χ0) is 7.70. The van der Waals surface area contributed by atoms with Crippen molar-refractivity contribution in [2.45, 2.75) is 13.8 Å². The number of allylic oxidation sites excluding steroid dienone is 2. The molecule has 0 spiro atoms. The molecular weight excluding hydrogens is 117 g/mol. The monoisotopic (exact) mass is 129 g/mol. The number of aliphatic imine (C=N–C) groups is 1. The van der Waals surface area contributed by atoms with E-state index in [9.17, 15) is 4.39 Å². The molecule has 0 rings (SSSR count). The van der Waals surface area contributed by atoms with E-state index in [4.69, 9.17) is 0 Å². The molecule has 0 heterocycles. The van der Waals surface area contributed by atoms with Gasteiger partial charge in [0.2, 0.25) is 0 Å². The average molecular weight is 129 g/mol. The summed E-state index contributed by atoms with van der Waals surface area (Å²) in [5, 5.41) is 0. The predicted octanol–water partition coefficient (Wildman–Crippen LogP) is 2.71. The van der Waals surface area contributed by atoms with Crippen LogP contribution in [0.3, 0.4) is 0 Å². The van der Waals surface area contributed by atoms with Gasteiger partial charge in [-0.25, -0.2) is 4.39 Å². The topological polar surface area (TPSA) is 12.4 Å². The molecule has 0 saturated carbocycles. The van der Waals surface area contributed by atoms with Crippen LogP contribution in [0.2, 0.25) is 0 Å². The first-order chi connectivity index (χ1) is 4.31. The summed E-state index contributed by atoms with van der Waals surface area (Å²) in [6.45, 7) is 10.2. The van der Waals surface area contributed by atoms with Crippen molar-refractivity contribution in [1.82, 2.24) is 0 Å². The van der Waals surface area contributed by atoms with E-state index in [1.165, 1.54) is 0 Å². The average Bonchev–Trinajstić information content (AvgIpc) is 1.93. The highest BCUT2D eigenvalue weighted by atomic mass is 19.1. The molecule has 0 aliphatic heterocycles. The number of hydrogen-bond donors (Lipinski definition) is 0. The predicted molar refractivity (Wildman–Crippen MR) is 40.3 cm³/mol. The molecule has 0 aromatic carbocycles. The summed E-state index contributed by atoms with van der Waals surface area (Å²) >= 11 is 0. The normalized spacial score (nSPS) is 9.00. The van der Waals surface area contributed by atoms with Crippen LogP contribution in [0.4, 0.5) is 4.39 Å². The highest BCUT2D eigenvalue weighted by Crippen LogP contribution is 1.93. The second-order valence-electron chi connectivity index (χ2n) is 0.901. The Bertz CT molecular complexity index is 105. The molecule has 0 fully saturated rings. The Kier molecular flexibility index (Phi) is 12.3. The lowest BCUT2D eigenvalue weighted by atomic mass is 10.6. The van der Waals surface area contributed by atoms with Crippen LogP contribution in [0, 0.1) is 0 Å². The van der Waals surface area contributed by atoms with Gasteiger partial charge in [0.1, 0.15) is 5.83 Å². The Labute approximate surface area is 55.6 Å². The molecule has 9 heavy (non-hydrogen) atoms. The van der Waals surface area contributed by atoms with E-state index in [0.717, 1.165) is 12.3 Å². The van der Waals surface area contributed by atoms with Gasteiger partial charge in [-0.1, -0.05) is 20.4 Å². The van der Waals surface area contributed by atoms with Crippen molar-refractivity contribution < 1.29 is 4.39 Å². The quantitative estimate of drug-likeness (QED) is 0.401. The molecule has 0 radical (unpaired) electrons. The first kappa shape index (κ1) is 11.0. The first-order valence-electron chi connectivity index (χ1n) is 2.75. The van der Waals surface area contributed by atoms with Crippen LogP contribution in [0.5, 0.6) is 0 Å². The molecule has 0 amide bonds. The molecule has 0 atom stereocenters. The summed E-state index contributed by atoms with van der Waals surface area (Å²) in [4.78, 5) is 3.15. The molecule has 52 valence electrons. The number of nitrogens with zero attached hydrogens (tertiary/aromatic N) is 1. The minimum Gasteiger partial charge on any atom is -0.269 e. The molecular formula is C7H12FN. The van der Waals surface area contributed by atoms with Crippen LogP contribution in [-0.4, -0.2) is 6.72 Å². The molecule has 0 bridgehead atoms. The summed E-state index contributed by atoms with van der Waals surface area (Å²) in [7, 11) is 0. The van der Waals surface area contributed by atoms with Gasteiger partial charge in [-0.3, -0.25) is 4.99 Å². The van der Waals surface area contributed by atoms with Crippen molar-refractivity contribution >= 4 is 6.72 Å². The summed E-state index contributed by atoms with van der Waals surface area (Å²) < 4.78 is 11.7. The van der Waals surface area contributed by atoms with Gasteiger partial charge in [0.25, 0.3) is 0 Å². The fraction of sp³-hybridized carbons (Fsp3) is 0.286. The second-order valence-corrected chi connectivity index (χ2v) is 0.901. The molecule has 1 nitrogen and oxygen atoms in total. The van der Waals surface area contributed by atoms with E-state index in [0.29, 0.717) is 0 Å². The highest BCUT2D eigenvalue weighted by molar-refractivity contribution is 5.26. The third-order valence-corrected chi connectivity index (χ3v) is 0.410. The third kappa shape index (κ3) is 11.0. The van der Waals surface area contributed by atoms with E-state index in [1.807, 2.05) is 13.8 Å². The van der Waals surface area contributed by atoms with Crippen molar-refractivity contribution in [2.24, 2.45) is 4.99 Å². The SMILES string of the molecule is C=C/C(F)=C\N=C.CC.